The second-order valence-electron chi connectivity index (χ2n) is 2.32. The van der Waals surface area contributed by atoms with E-state index < -0.39 is 18.1 Å². The van der Waals surface area contributed by atoms with Crippen molar-refractivity contribution in [3.8, 4) is 0 Å². The normalized spacial score (nSPS) is 33.7. The lowest BCUT2D eigenvalue weighted by atomic mass is 9.99. The maximum atomic E-state index is 12.6. The summed E-state index contributed by atoms with van der Waals surface area (Å²) < 4.78 is 17.3. The van der Waals surface area contributed by atoms with Gasteiger partial charge in [-0.25, -0.2) is 4.39 Å². The number of rotatable bonds is 1. The van der Waals surface area contributed by atoms with Crippen LogP contribution in [0.2, 0.25) is 0 Å². The first-order chi connectivity index (χ1) is 4.72. The van der Waals surface area contributed by atoms with Crippen LogP contribution in [0.25, 0.3) is 0 Å². The maximum Gasteiger partial charge on any atom is 0.309 e. The number of carboxylic acid groups (broad SMARTS) is 1. The molecule has 0 unspecified atom stereocenters. The van der Waals surface area contributed by atoms with E-state index in [-0.39, 0.29) is 13.0 Å². The molecule has 2 atom stereocenters. The number of halogens is 1. The first-order valence-corrected chi connectivity index (χ1v) is 3.16. The van der Waals surface area contributed by atoms with Gasteiger partial charge in [0.05, 0.1) is 12.5 Å². The molecule has 0 aromatic heterocycles. The number of alkyl halides is 1. The highest BCUT2D eigenvalue weighted by Gasteiger charge is 2.31. The number of carboxylic acids is 1. The molecule has 1 aliphatic rings. The molecule has 1 aliphatic heterocycles. The Kier molecular flexibility index (Phi) is 2.21. The minimum atomic E-state index is -1.33. The van der Waals surface area contributed by atoms with Crippen LogP contribution >= 0.6 is 0 Å². The van der Waals surface area contributed by atoms with E-state index in [1.807, 2.05) is 0 Å². The van der Waals surface area contributed by atoms with Crippen molar-refractivity contribution >= 4 is 5.97 Å². The van der Waals surface area contributed by atoms with Crippen molar-refractivity contribution in [2.24, 2.45) is 5.92 Å². The van der Waals surface area contributed by atoms with Crippen molar-refractivity contribution in [1.29, 1.82) is 0 Å². The third-order valence-corrected chi connectivity index (χ3v) is 1.60. The molecule has 1 rings (SSSR count). The van der Waals surface area contributed by atoms with Gasteiger partial charge in [-0.1, -0.05) is 0 Å². The van der Waals surface area contributed by atoms with E-state index in [9.17, 15) is 9.18 Å². The van der Waals surface area contributed by atoms with E-state index in [4.69, 9.17) is 9.84 Å². The number of aliphatic carboxylic acids is 1. The lowest BCUT2D eigenvalue weighted by molar-refractivity contribution is -0.148. The molecule has 0 aromatic carbocycles. The van der Waals surface area contributed by atoms with Gasteiger partial charge in [0.15, 0.2) is 0 Å². The van der Waals surface area contributed by atoms with Crippen LogP contribution < -0.4 is 0 Å². The lowest BCUT2D eigenvalue weighted by Gasteiger charge is -2.21. The van der Waals surface area contributed by atoms with Gasteiger partial charge < -0.3 is 9.84 Å². The fourth-order valence-corrected chi connectivity index (χ4v) is 0.981. The molecule has 4 heteroatoms. The molecule has 0 saturated carbocycles. The molecular weight excluding hydrogens is 139 g/mol. The van der Waals surface area contributed by atoms with E-state index in [0.717, 1.165) is 0 Å². The molecule has 3 nitrogen and oxygen atoms in total. The third kappa shape index (κ3) is 1.44. The monoisotopic (exact) mass is 148 g/mol. The molecule has 0 spiro atoms. The Morgan fingerprint density at radius 1 is 1.70 bits per heavy atom. The molecule has 0 amide bonds. The summed E-state index contributed by atoms with van der Waals surface area (Å²) in [6.45, 7) is 0.286. The van der Waals surface area contributed by atoms with Gasteiger partial charge in [0.2, 0.25) is 0 Å². The molecule has 0 aliphatic carbocycles. The van der Waals surface area contributed by atoms with Crippen molar-refractivity contribution in [2.75, 3.05) is 13.2 Å². The van der Waals surface area contributed by atoms with Crippen LogP contribution in [0, 0.1) is 5.92 Å². The zero-order valence-corrected chi connectivity index (χ0v) is 5.42. The van der Waals surface area contributed by atoms with Gasteiger partial charge in [-0.15, -0.1) is 0 Å². The summed E-state index contributed by atoms with van der Waals surface area (Å²) in [6, 6.07) is 0. The highest BCUT2D eigenvalue weighted by Crippen LogP contribution is 2.18. The van der Waals surface area contributed by atoms with Gasteiger partial charge in [-0.3, -0.25) is 4.79 Å². The van der Waals surface area contributed by atoms with Crippen LogP contribution in [0.1, 0.15) is 6.42 Å². The second-order valence-corrected chi connectivity index (χ2v) is 2.32. The third-order valence-electron chi connectivity index (χ3n) is 1.60. The predicted molar refractivity (Wildman–Crippen MR) is 31.5 cm³/mol. The molecule has 1 saturated heterocycles. The summed E-state index contributed by atoms with van der Waals surface area (Å²) in [7, 11) is 0. The lowest BCUT2D eigenvalue weighted by Crippen LogP contribution is -2.34. The van der Waals surface area contributed by atoms with Crippen LogP contribution in [-0.2, 0) is 9.53 Å². The quantitative estimate of drug-likeness (QED) is 0.587. The molecule has 1 N–H and O–H groups in total. The number of hydrogen-bond donors (Lipinski definition) is 1. The van der Waals surface area contributed by atoms with Crippen LogP contribution in [0.3, 0.4) is 0 Å². The summed E-state index contributed by atoms with van der Waals surface area (Å²) in [5, 5.41) is 8.41. The smallest absolute Gasteiger partial charge is 0.309 e. The van der Waals surface area contributed by atoms with Crippen LogP contribution in [0.15, 0.2) is 0 Å². The summed E-state index contributed by atoms with van der Waals surface area (Å²) >= 11 is 0. The first-order valence-electron chi connectivity index (χ1n) is 3.16. The Hall–Kier alpha value is -0.640. The minimum absolute atomic E-state index is 0.0725. The van der Waals surface area contributed by atoms with Crippen molar-refractivity contribution in [3.63, 3.8) is 0 Å². The fraction of sp³-hybridized carbons (Fsp3) is 0.833. The van der Waals surface area contributed by atoms with Gasteiger partial charge in [-0.2, -0.15) is 0 Å². The molecule has 1 fully saturated rings. The number of ether oxygens (including phenoxy) is 1. The zero-order valence-electron chi connectivity index (χ0n) is 5.42. The van der Waals surface area contributed by atoms with Gasteiger partial charge in [0.1, 0.15) is 6.17 Å². The van der Waals surface area contributed by atoms with Gasteiger partial charge in [0, 0.05) is 6.61 Å². The molecule has 0 radical (unpaired) electrons. The Morgan fingerprint density at radius 2 is 2.40 bits per heavy atom. The zero-order chi connectivity index (χ0) is 7.56. The largest absolute Gasteiger partial charge is 0.481 e. The molecule has 0 aromatic rings. The highest BCUT2D eigenvalue weighted by atomic mass is 19.1. The van der Waals surface area contributed by atoms with E-state index in [1.54, 1.807) is 0 Å². The van der Waals surface area contributed by atoms with Crippen molar-refractivity contribution in [1.82, 2.24) is 0 Å². The number of carbonyl (C=O) groups is 1. The Balaban J connectivity index is 2.47. The molecule has 58 valence electrons. The second kappa shape index (κ2) is 2.96. The Morgan fingerprint density at radius 3 is 2.80 bits per heavy atom. The van der Waals surface area contributed by atoms with Crippen LogP contribution in [0.5, 0.6) is 0 Å². The molecule has 1 heterocycles. The Bertz CT molecular complexity index is 137. The highest BCUT2D eigenvalue weighted by molar-refractivity contribution is 5.70. The predicted octanol–water partition coefficient (Wildman–Crippen LogP) is 0.446. The number of hydrogen-bond acceptors (Lipinski definition) is 2. The van der Waals surface area contributed by atoms with Crippen molar-refractivity contribution < 1.29 is 19.0 Å². The molecule has 10 heavy (non-hydrogen) atoms. The van der Waals surface area contributed by atoms with Gasteiger partial charge >= 0.3 is 5.97 Å². The fourth-order valence-electron chi connectivity index (χ4n) is 0.981. The summed E-state index contributed by atoms with van der Waals surface area (Å²) in [5.74, 6) is -1.91. The van der Waals surface area contributed by atoms with Crippen molar-refractivity contribution in [3.05, 3.63) is 0 Å². The van der Waals surface area contributed by atoms with Gasteiger partial charge in [-0.05, 0) is 6.42 Å². The standard InChI is InChI=1S/C6H9FO3/c7-5-3-10-2-1-4(5)6(8)9/h4-5H,1-3H2,(H,8,9)/t4-,5-/m1/s1. The van der Waals surface area contributed by atoms with E-state index >= 15 is 0 Å². The molecular formula is C6H9FO3. The van der Waals surface area contributed by atoms with E-state index in [0.29, 0.717) is 6.61 Å². The first kappa shape index (κ1) is 7.47. The van der Waals surface area contributed by atoms with Crippen LogP contribution in [0.4, 0.5) is 4.39 Å². The summed E-state index contributed by atoms with van der Waals surface area (Å²) in [6.07, 6.45) is -1.04. The topological polar surface area (TPSA) is 46.5 Å². The maximum absolute atomic E-state index is 12.6. The van der Waals surface area contributed by atoms with E-state index in [1.165, 1.54) is 0 Å². The SMILES string of the molecule is O=C(O)[C@@H]1CCOC[C@H]1F. The Labute approximate surface area is 57.8 Å². The van der Waals surface area contributed by atoms with Gasteiger partial charge in [0.25, 0.3) is 0 Å². The molecule has 0 bridgehead atoms. The minimum Gasteiger partial charge on any atom is -0.481 e. The van der Waals surface area contributed by atoms with Crippen LogP contribution in [-0.4, -0.2) is 30.5 Å². The average Bonchev–Trinajstić information content (AvgIpc) is 1.88. The average molecular weight is 148 g/mol. The summed E-state index contributed by atoms with van der Waals surface area (Å²) in [4.78, 5) is 10.3. The summed E-state index contributed by atoms with van der Waals surface area (Å²) in [5.41, 5.74) is 0. The van der Waals surface area contributed by atoms with Crippen molar-refractivity contribution in [2.45, 2.75) is 12.6 Å². The van der Waals surface area contributed by atoms with E-state index in [2.05, 4.69) is 0 Å².